The van der Waals surface area contributed by atoms with Gasteiger partial charge in [0.15, 0.2) is 0 Å². The SMILES string of the molecule is O=C1CC(C(=O)N2CCN(c3ccccc3)CC2)CN1CCC1=CCCCC1. The average molecular weight is 382 g/mol. The van der Waals surface area contributed by atoms with E-state index in [1.165, 1.54) is 36.9 Å². The molecule has 0 saturated carbocycles. The minimum Gasteiger partial charge on any atom is -0.368 e. The second kappa shape index (κ2) is 8.80. The molecule has 0 spiro atoms. The number of hydrogen-bond acceptors (Lipinski definition) is 3. The highest BCUT2D eigenvalue weighted by Crippen LogP contribution is 2.25. The van der Waals surface area contributed by atoms with Crippen molar-refractivity contribution in [2.45, 2.75) is 38.5 Å². The van der Waals surface area contributed by atoms with E-state index in [1.807, 2.05) is 15.9 Å². The second-order valence-electron chi connectivity index (χ2n) is 8.25. The lowest BCUT2D eigenvalue weighted by molar-refractivity contribution is -0.136. The van der Waals surface area contributed by atoms with Crippen LogP contribution in [0.1, 0.15) is 38.5 Å². The van der Waals surface area contributed by atoms with Crippen molar-refractivity contribution in [2.75, 3.05) is 44.2 Å². The summed E-state index contributed by atoms with van der Waals surface area (Å²) >= 11 is 0. The molecule has 2 aliphatic heterocycles. The molecule has 0 radical (unpaired) electrons. The number of carbonyl (C=O) groups is 2. The molecule has 0 bridgehead atoms. The molecule has 0 N–H and O–H groups in total. The molecule has 0 aromatic heterocycles. The highest BCUT2D eigenvalue weighted by molar-refractivity contribution is 5.89. The van der Waals surface area contributed by atoms with E-state index in [1.54, 1.807) is 0 Å². The van der Waals surface area contributed by atoms with Gasteiger partial charge in [0.25, 0.3) is 0 Å². The maximum absolute atomic E-state index is 13.0. The van der Waals surface area contributed by atoms with Crippen LogP contribution in [0, 0.1) is 5.92 Å². The van der Waals surface area contributed by atoms with Gasteiger partial charge in [0.1, 0.15) is 0 Å². The number of benzene rings is 1. The molecule has 2 amide bonds. The maximum Gasteiger partial charge on any atom is 0.228 e. The van der Waals surface area contributed by atoms with Crippen molar-refractivity contribution < 1.29 is 9.59 Å². The van der Waals surface area contributed by atoms with Gasteiger partial charge in [0.2, 0.25) is 11.8 Å². The van der Waals surface area contributed by atoms with Crippen LogP contribution in [0.4, 0.5) is 5.69 Å². The van der Waals surface area contributed by atoms with Crippen molar-refractivity contribution in [1.29, 1.82) is 0 Å². The van der Waals surface area contributed by atoms with Crippen molar-refractivity contribution in [1.82, 2.24) is 9.80 Å². The summed E-state index contributed by atoms with van der Waals surface area (Å²) in [5.74, 6) is 0.161. The Morgan fingerprint density at radius 1 is 1.04 bits per heavy atom. The largest absolute Gasteiger partial charge is 0.368 e. The van der Waals surface area contributed by atoms with Gasteiger partial charge >= 0.3 is 0 Å². The molecule has 4 rings (SSSR count). The molecule has 5 heteroatoms. The number of anilines is 1. The van der Waals surface area contributed by atoms with Crippen LogP contribution in [0.2, 0.25) is 0 Å². The summed E-state index contributed by atoms with van der Waals surface area (Å²) in [7, 11) is 0. The Balaban J connectivity index is 1.26. The first kappa shape index (κ1) is 19.0. The van der Waals surface area contributed by atoms with Crippen molar-refractivity contribution in [3.8, 4) is 0 Å². The van der Waals surface area contributed by atoms with Crippen molar-refractivity contribution in [3.63, 3.8) is 0 Å². The lowest BCUT2D eigenvalue weighted by Gasteiger charge is -2.37. The number of rotatable bonds is 5. The van der Waals surface area contributed by atoms with E-state index >= 15 is 0 Å². The molecule has 1 aliphatic carbocycles. The highest BCUT2D eigenvalue weighted by Gasteiger charge is 2.37. The zero-order valence-electron chi connectivity index (χ0n) is 16.7. The van der Waals surface area contributed by atoms with Gasteiger partial charge < -0.3 is 14.7 Å². The molecular weight excluding hydrogens is 350 g/mol. The summed E-state index contributed by atoms with van der Waals surface area (Å²) in [6.07, 6.45) is 8.63. The fourth-order valence-corrected chi connectivity index (χ4v) is 4.65. The van der Waals surface area contributed by atoms with E-state index in [-0.39, 0.29) is 17.7 Å². The van der Waals surface area contributed by atoms with Crippen LogP contribution in [-0.2, 0) is 9.59 Å². The number of carbonyl (C=O) groups excluding carboxylic acids is 2. The average Bonchev–Trinajstić information content (AvgIpc) is 3.14. The topological polar surface area (TPSA) is 43.9 Å². The number of amides is 2. The van der Waals surface area contributed by atoms with Crippen LogP contribution in [0.15, 0.2) is 42.0 Å². The Labute approximate surface area is 168 Å². The van der Waals surface area contributed by atoms with Crippen molar-refractivity contribution in [3.05, 3.63) is 42.0 Å². The summed E-state index contributed by atoms with van der Waals surface area (Å²) in [6, 6.07) is 10.4. The molecule has 1 atom stereocenters. The Morgan fingerprint density at radius 3 is 2.54 bits per heavy atom. The van der Waals surface area contributed by atoms with E-state index in [0.29, 0.717) is 13.0 Å². The molecule has 1 aromatic carbocycles. The molecule has 2 fully saturated rings. The standard InChI is InChI=1S/C23H31N3O2/c27-22-17-20(18-26(22)12-11-19-7-3-1-4-8-19)23(28)25-15-13-24(14-16-25)21-9-5-2-6-10-21/h2,5-7,9-10,20H,1,3-4,8,11-18H2. The predicted octanol–water partition coefficient (Wildman–Crippen LogP) is 3.07. The Morgan fingerprint density at radius 2 is 1.82 bits per heavy atom. The minimum absolute atomic E-state index is 0.151. The van der Waals surface area contributed by atoms with Gasteiger partial charge in [-0.1, -0.05) is 29.8 Å². The van der Waals surface area contributed by atoms with Gasteiger partial charge in [-0.2, -0.15) is 0 Å². The van der Waals surface area contributed by atoms with E-state index in [0.717, 1.165) is 39.1 Å². The lowest BCUT2D eigenvalue weighted by atomic mass is 9.97. The number of allylic oxidation sites excluding steroid dienone is 1. The van der Waals surface area contributed by atoms with E-state index in [2.05, 4.69) is 35.2 Å². The summed E-state index contributed by atoms with van der Waals surface area (Å²) in [6.45, 7) is 4.57. The van der Waals surface area contributed by atoms with E-state index < -0.39 is 0 Å². The zero-order chi connectivity index (χ0) is 19.3. The number of likely N-dealkylation sites (tertiary alicyclic amines) is 1. The molecule has 1 aromatic rings. The number of para-hydroxylation sites is 1. The highest BCUT2D eigenvalue weighted by atomic mass is 16.2. The first-order valence-corrected chi connectivity index (χ1v) is 10.7. The quantitative estimate of drug-likeness (QED) is 0.737. The second-order valence-corrected chi connectivity index (χ2v) is 8.25. The van der Waals surface area contributed by atoms with Gasteiger partial charge in [0, 0.05) is 51.4 Å². The molecule has 2 saturated heterocycles. The smallest absolute Gasteiger partial charge is 0.228 e. The molecule has 5 nitrogen and oxygen atoms in total. The molecule has 1 unspecified atom stereocenters. The molecular formula is C23H31N3O2. The first-order valence-electron chi connectivity index (χ1n) is 10.7. The van der Waals surface area contributed by atoms with Crippen LogP contribution in [0.25, 0.3) is 0 Å². The summed E-state index contributed by atoms with van der Waals surface area (Å²) < 4.78 is 0. The minimum atomic E-state index is -0.156. The third-order valence-electron chi connectivity index (χ3n) is 6.36. The van der Waals surface area contributed by atoms with Gasteiger partial charge in [-0.3, -0.25) is 9.59 Å². The van der Waals surface area contributed by atoms with Crippen molar-refractivity contribution in [2.24, 2.45) is 5.92 Å². The monoisotopic (exact) mass is 381 g/mol. The zero-order valence-corrected chi connectivity index (χ0v) is 16.7. The normalized spacial score (nSPS) is 23.1. The molecule has 3 aliphatic rings. The van der Waals surface area contributed by atoms with Gasteiger partial charge in [-0.25, -0.2) is 0 Å². The van der Waals surface area contributed by atoms with Gasteiger partial charge in [0.05, 0.1) is 5.92 Å². The number of piperazine rings is 1. The van der Waals surface area contributed by atoms with Crippen LogP contribution < -0.4 is 4.90 Å². The van der Waals surface area contributed by atoms with Crippen LogP contribution in [0.3, 0.4) is 0 Å². The Kier molecular flexibility index (Phi) is 5.98. The molecule has 2 heterocycles. The predicted molar refractivity (Wildman–Crippen MR) is 111 cm³/mol. The third kappa shape index (κ3) is 4.40. The fraction of sp³-hybridized carbons (Fsp3) is 0.565. The Hall–Kier alpha value is -2.30. The van der Waals surface area contributed by atoms with Crippen molar-refractivity contribution >= 4 is 17.5 Å². The summed E-state index contributed by atoms with van der Waals surface area (Å²) in [5.41, 5.74) is 2.71. The van der Waals surface area contributed by atoms with Gasteiger partial charge in [-0.15, -0.1) is 0 Å². The summed E-state index contributed by atoms with van der Waals surface area (Å²) in [4.78, 5) is 31.6. The summed E-state index contributed by atoms with van der Waals surface area (Å²) in [5, 5.41) is 0. The molecule has 28 heavy (non-hydrogen) atoms. The van der Waals surface area contributed by atoms with Crippen LogP contribution in [-0.4, -0.2) is 60.9 Å². The Bertz CT molecular complexity index is 723. The molecule has 150 valence electrons. The third-order valence-corrected chi connectivity index (χ3v) is 6.36. The van der Waals surface area contributed by atoms with E-state index in [4.69, 9.17) is 0 Å². The van der Waals surface area contributed by atoms with Crippen LogP contribution >= 0.6 is 0 Å². The lowest BCUT2D eigenvalue weighted by Crippen LogP contribution is -2.50. The number of nitrogens with zero attached hydrogens (tertiary/aromatic N) is 3. The fourth-order valence-electron chi connectivity index (χ4n) is 4.65. The van der Waals surface area contributed by atoms with E-state index in [9.17, 15) is 9.59 Å². The van der Waals surface area contributed by atoms with Gasteiger partial charge in [-0.05, 0) is 44.2 Å². The first-order chi connectivity index (χ1) is 13.7. The number of hydrogen-bond donors (Lipinski definition) is 0. The maximum atomic E-state index is 13.0. The van der Waals surface area contributed by atoms with Crippen LogP contribution in [0.5, 0.6) is 0 Å².